The van der Waals surface area contributed by atoms with Crippen molar-refractivity contribution in [3.05, 3.63) is 23.5 Å². The summed E-state index contributed by atoms with van der Waals surface area (Å²) in [6, 6.07) is 4.06. The molecule has 1 heterocycles. The largest absolute Gasteiger partial charge is 0.543 e. The van der Waals surface area contributed by atoms with Crippen LogP contribution in [0.4, 0.5) is 0 Å². The molecule has 0 amide bonds. The summed E-state index contributed by atoms with van der Waals surface area (Å²) >= 11 is 0. The van der Waals surface area contributed by atoms with E-state index in [4.69, 9.17) is 9.69 Å². The topological polar surface area (TPSA) is 45.9 Å². The van der Waals surface area contributed by atoms with Gasteiger partial charge in [-0.3, -0.25) is 4.98 Å². The highest BCUT2D eigenvalue weighted by Gasteiger charge is 2.39. The van der Waals surface area contributed by atoms with Gasteiger partial charge in [-0.25, -0.2) is 0 Å². The predicted octanol–water partition coefficient (Wildman–Crippen LogP) is 3.84. The molecular formula is C14H22N2OSi. The molecule has 0 spiro atoms. The van der Waals surface area contributed by atoms with E-state index in [1.54, 1.807) is 6.20 Å². The summed E-state index contributed by atoms with van der Waals surface area (Å²) in [5.41, 5.74) is 1.80. The third kappa shape index (κ3) is 3.11. The number of rotatable bonds is 3. The van der Waals surface area contributed by atoms with Crippen LogP contribution in [0.25, 0.3) is 0 Å². The third-order valence-electron chi connectivity index (χ3n) is 3.66. The maximum atomic E-state index is 8.90. The molecule has 0 aliphatic carbocycles. The van der Waals surface area contributed by atoms with Crippen LogP contribution >= 0.6 is 0 Å². The molecule has 0 saturated carbocycles. The Labute approximate surface area is 111 Å². The van der Waals surface area contributed by atoms with E-state index >= 15 is 0 Å². The summed E-state index contributed by atoms with van der Waals surface area (Å²) < 4.78 is 6.28. The highest BCUT2D eigenvalue weighted by Crippen LogP contribution is 2.38. The van der Waals surface area contributed by atoms with Crippen molar-refractivity contribution in [2.24, 2.45) is 0 Å². The van der Waals surface area contributed by atoms with Crippen LogP contribution in [-0.4, -0.2) is 13.3 Å². The summed E-state index contributed by atoms with van der Waals surface area (Å²) in [5, 5.41) is 9.05. The second-order valence-corrected chi connectivity index (χ2v) is 10.8. The molecule has 0 aliphatic heterocycles. The van der Waals surface area contributed by atoms with Crippen LogP contribution in [0.3, 0.4) is 0 Å². The van der Waals surface area contributed by atoms with Gasteiger partial charge in [-0.15, -0.1) is 0 Å². The zero-order valence-electron chi connectivity index (χ0n) is 12.2. The molecule has 0 N–H and O–H groups in total. The van der Waals surface area contributed by atoms with Crippen LogP contribution in [0.15, 0.2) is 12.3 Å². The molecule has 0 aromatic carbocycles. The summed E-state index contributed by atoms with van der Waals surface area (Å²) in [5.74, 6) is 0.829. The first kappa shape index (κ1) is 14.7. The summed E-state index contributed by atoms with van der Waals surface area (Å²) in [6.45, 7) is 13.0. The lowest BCUT2D eigenvalue weighted by atomic mass is 10.1. The minimum Gasteiger partial charge on any atom is -0.543 e. The van der Waals surface area contributed by atoms with Gasteiger partial charge in [0.05, 0.1) is 12.5 Å². The number of nitriles is 1. The van der Waals surface area contributed by atoms with Crippen LogP contribution in [0.2, 0.25) is 18.1 Å². The molecular weight excluding hydrogens is 240 g/mol. The lowest BCUT2D eigenvalue weighted by molar-refractivity contribution is 0.487. The molecule has 0 unspecified atom stereocenters. The monoisotopic (exact) mass is 262 g/mol. The highest BCUT2D eigenvalue weighted by molar-refractivity contribution is 6.74. The maximum absolute atomic E-state index is 8.90. The van der Waals surface area contributed by atoms with E-state index in [2.05, 4.69) is 44.9 Å². The van der Waals surface area contributed by atoms with Gasteiger partial charge in [0.1, 0.15) is 5.75 Å². The van der Waals surface area contributed by atoms with E-state index in [-0.39, 0.29) is 5.04 Å². The smallest absolute Gasteiger partial charge is 0.250 e. The normalized spacial score (nSPS) is 12.1. The highest BCUT2D eigenvalue weighted by atomic mass is 28.4. The molecule has 0 saturated heterocycles. The molecule has 0 aliphatic rings. The van der Waals surface area contributed by atoms with Gasteiger partial charge in [0.2, 0.25) is 8.32 Å². The Morgan fingerprint density at radius 3 is 2.50 bits per heavy atom. The van der Waals surface area contributed by atoms with Crippen molar-refractivity contribution in [3.8, 4) is 11.8 Å². The van der Waals surface area contributed by atoms with Crippen molar-refractivity contribution in [3.63, 3.8) is 0 Å². The van der Waals surface area contributed by atoms with Gasteiger partial charge in [-0.2, -0.15) is 5.26 Å². The minimum atomic E-state index is -1.87. The molecule has 4 heteroatoms. The van der Waals surface area contributed by atoms with E-state index in [1.807, 2.05) is 13.0 Å². The quantitative estimate of drug-likeness (QED) is 0.777. The molecule has 98 valence electrons. The van der Waals surface area contributed by atoms with Crippen LogP contribution in [0.5, 0.6) is 5.75 Å². The molecule has 1 aromatic heterocycles. The van der Waals surface area contributed by atoms with Crippen molar-refractivity contribution in [1.82, 2.24) is 4.98 Å². The Bertz CT molecular complexity index is 470. The summed E-state index contributed by atoms with van der Waals surface area (Å²) in [6.07, 6.45) is 2.10. The molecule has 0 radical (unpaired) electrons. The molecule has 1 aromatic rings. The van der Waals surface area contributed by atoms with Crippen LogP contribution in [0.1, 0.15) is 32.0 Å². The average Bonchev–Trinajstić information content (AvgIpc) is 2.21. The van der Waals surface area contributed by atoms with E-state index in [0.717, 1.165) is 17.0 Å². The average molecular weight is 262 g/mol. The Morgan fingerprint density at radius 1 is 1.39 bits per heavy atom. The fourth-order valence-corrected chi connectivity index (χ4v) is 2.44. The van der Waals surface area contributed by atoms with Crippen molar-refractivity contribution in [1.29, 1.82) is 5.26 Å². The van der Waals surface area contributed by atoms with Crippen LogP contribution in [-0.2, 0) is 6.42 Å². The molecule has 0 fully saturated rings. The second kappa shape index (κ2) is 5.11. The van der Waals surface area contributed by atoms with Crippen molar-refractivity contribution in [2.75, 3.05) is 0 Å². The first-order valence-corrected chi connectivity index (χ1v) is 9.10. The van der Waals surface area contributed by atoms with Gasteiger partial charge in [0.15, 0.2) is 0 Å². The second-order valence-electron chi connectivity index (χ2n) is 6.07. The third-order valence-corrected chi connectivity index (χ3v) is 8.00. The van der Waals surface area contributed by atoms with Crippen molar-refractivity contribution < 1.29 is 4.43 Å². The van der Waals surface area contributed by atoms with Crippen molar-refractivity contribution >= 4 is 8.32 Å². The fraction of sp³-hybridized carbons (Fsp3) is 0.571. The van der Waals surface area contributed by atoms with Gasteiger partial charge in [0, 0.05) is 17.5 Å². The van der Waals surface area contributed by atoms with E-state index < -0.39 is 8.32 Å². The predicted molar refractivity (Wildman–Crippen MR) is 76.1 cm³/mol. The van der Waals surface area contributed by atoms with Crippen molar-refractivity contribution in [2.45, 2.75) is 52.2 Å². The number of aryl methyl sites for hydroxylation is 1. The lowest BCUT2D eigenvalue weighted by Crippen LogP contribution is -2.44. The number of aromatic nitrogens is 1. The molecule has 18 heavy (non-hydrogen) atoms. The standard InChI is InChI=1S/C14H22N2OSi/c1-11-12(7-9-15)13(8-10-16-11)17-18(5,6)14(2,3)4/h8,10H,7H2,1-6H3. The Kier molecular flexibility index (Phi) is 4.18. The zero-order chi connectivity index (χ0) is 14.0. The van der Waals surface area contributed by atoms with Gasteiger partial charge in [0.25, 0.3) is 0 Å². The Morgan fingerprint density at radius 2 is 2.00 bits per heavy atom. The fourth-order valence-electron chi connectivity index (χ4n) is 1.39. The van der Waals surface area contributed by atoms with E-state index in [1.165, 1.54) is 0 Å². The first-order chi connectivity index (χ1) is 8.19. The van der Waals surface area contributed by atoms with Crippen LogP contribution in [0, 0.1) is 18.3 Å². The SMILES string of the molecule is Cc1nccc(O[Si](C)(C)C(C)(C)C)c1CC#N. The van der Waals surface area contributed by atoms with E-state index in [0.29, 0.717) is 6.42 Å². The molecule has 1 rings (SSSR count). The number of pyridine rings is 1. The lowest BCUT2D eigenvalue weighted by Gasteiger charge is -2.37. The van der Waals surface area contributed by atoms with Gasteiger partial charge < -0.3 is 4.43 Å². The number of hydrogen-bond donors (Lipinski definition) is 0. The molecule has 0 atom stereocenters. The number of nitrogens with zero attached hydrogens (tertiary/aromatic N) is 2. The number of hydrogen-bond acceptors (Lipinski definition) is 3. The molecule has 3 nitrogen and oxygen atoms in total. The Hall–Kier alpha value is -1.34. The van der Waals surface area contributed by atoms with E-state index in [9.17, 15) is 0 Å². The summed E-state index contributed by atoms with van der Waals surface area (Å²) in [4.78, 5) is 4.23. The molecule has 0 bridgehead atoms. The zero-order valence-corrected chi connectivity index (χ0v) is 13.2. The van der Waals surface area contributed by atoms with Gasteiger partial charge in [-0.05, 0) is 31.1 Å². The summed E-state index contributed by atoms with van der Waals surface area (Å²) in [7, 11) is -1.87. The first-order valence-electron chi connectivity index (χ1n) is 6.19. The Balaban J connectivity index is 3.13. The maximum Gasteiger partial charge on any atom is 0.250 e. The van der Waals surface area contributed by atoms with Gasteiger partial charge >= 0.3 is 0 Å². The van der Waals surface area contributed by atoms with Crippen LogP contribution < -0.4 is 4.43 Å². The minimum absolute atomic E-state index is 0.147. The van der Waals surface area contributed by atoms with Gasteiger partial charge in [-0.1, -0.05) is 20.8 Å².